The Labute approximate surface area is 193 Å². The van der Waals surface area contributed by atoms with Crippen molar-refractivity contribution < 1.29 is 18.0 Å². The molecule has 0 bridgehead atoms. The first-order valence-corrected chi connectivity index (χ1v) is 13.1. The molecule has 0 aliphatic carbocycles. The number of carbonyl (C=O) groups is 2. The average molecular weight is 474 g/mol. The van der Waals surface area contributed by atoms with Gasteiger partial charge in [-0.25, -0.2) is 8.42 Å². The predicted molar refractivity (Wildman–Crippen MR) is 126 cm³/mol. The Morgan fingerprint density at radius 3 is 2.50 bits per heavy atom. The van der Waals surface area contributed by atoms with Crippen LogP contribution in [-0.4, -0.2) is 43.5 Å². The minimum atomic E-state index is -3.82. The maximum Gasteiger partial charge on any atom is 0.261 e. The normalized spacial score (nSPS) is 19.2. The molecule has 2 aliphatic heterocycles. The zero-order valence-electron chi connectivity index (χ0n) is 18.1. The zero-order valence-corrected chi connectivity index (χ0v) is 19.8. The van der Waals surface area contributed by atoms with Crippen LogP contribution in [0.15, 0.2) is 52.3 Å². The minimum absolute atomic E-state index is 0.0477. The Hall–Kier alpha value is -2.52. The molecule has 32 heavy (non-hydrogen) atoms. The van der Waals surface area contributed by atoms with Crippen LogP contribution in [-0.2, 0) is 26.0 Å². The molecule has 2 amide bonds. The summed E-state index contributed by atoms with van der Waals surface area (Å²) in [5, 5.41) is 1.88. The highest BCUT2D eigenvalue weighted by Gasteiger charge is 2.37. The van der Waals surface area contributed by atoms with Crippen LogP contribution in [0.1, 0.15) is 32.3 Å². The van der Waals surface area contributed by atoms with Crippen molar-refractivity contribution in [3.8, 4) is 0 Å². The summed E-state index contributed by atoms with van der Waals surface area (Å²) >= 11 is 1.18. The van der Waals surface area contributed by atoms with Crippen LogP contribution in [0, 0.1) is 5.92 Å². The van der Waals surface area contributed by atoms with E-state index in [1.165, 1.54) is 23.9 Å². The maximum absolute atomic E-state index is 12.9. The third kappa shape index (κ3) is 4.78. The van der Waals surface area contributed by atoms with Crippen LogP contribution < -0.4 is 10.0 Å². The fourth-order valence-electron chi connectivity index (χ4n) is 3.84. The van der Waals surface area contributed by atoms with Crippen LogP contribution in [0.25, 0.3) is 0 Å². The van der Waals surface area contributed by atoms with Crippen LogP contribution in [0.5, 0.6) is 0 Å². The molecule has 1 atom stereocenters. The molecule has 7 nitrogen and oxygen atoms in total. The summed E-state index contributed by atoms with van der Waals surface area (Å²) in [6.45, 7) is 5.53. The van der Waals surface area contributed by atoms with Gasteiger partial charge in [-0.3, -0.25) is 14.3 Å². The third-order valence-corrected chi connectivity index (χ3v) is 8.58. The van der Waals surface area contributed by atoms with E-state index in [0.29, 0.717) is 35.3 Å². The number of benzene rings is 2. The van der Waals surface area contributed by atoms with Gasteiger partial charge in [0.2, 0.25) is 11.8 Å². The number of sulfonamides is 1. The number of hydrogen-bond donors (Lipinski definition) is 2. The Morgan fingerprint density at radius 2 is 1.84 bits per heavy atom. The molecule has 1 saturated heterocycles. The number of piperidine rings is 1. The van der Waals surface area contributed by atoms with Gasteiger partial charge in [0.05, 0.1) is 10.6 Å². The van der Waals surface area contributed by atoms with Crippen molar-refractivity contribution in [1.82, 2.24) is 4.90 Å². The predicted octanol–water partition coefficient (Wildman–Crippen LogP) is 3.72. The topological polar surface area (TPSA) is 95.6 Å². The van der Waals surface area contributed by atoms with E-state index in [2.05, 4.69) is 17.0 Å². The molecule has 2 aromatic rings. The maximum atomic E-state index is 12.9. The van der Waals surface area contributed by atoms with Gasteiger partial charge >= 0.3 is 0 Å². The quantitative estimate of drug-likeness (QED) is 0.646. The standard InChI is InChI=1S/C23H27N3O4S2/c1-3-16-4-6-17(7-5-16)25-32(29,30)18-8-9-20-19(14-18)24-22(27)21(31-20)23(28)26-12-10-15(2)11-13-26/h4-9,14-15,21,25H,3,10-13H2,1-2H3,(H,24,27). The van der Waals surface area contributed by atoms with Gasteiger partial charge in [-0.1, -0.05) is 26.0 Å². The number of thioether (sulfide) groups is 1. The molecule has 0 aromatic heterocycles. The second-order valence-corrected chi connectivity index (χ2v) is 11.1. The van der Waals surface area contributed by atoms with Gasteiger partial charge < -0.3 is 10.2 Å². The van der Waals surface area contributed by atoms with Crippen molar-refractivity contribution in [2.75, 3.05) is 23.1 Å². The Balaban J connectivity index is 1.50. The Kier molecular flexibility index (Phi) is 6.48. The van der Waals surface area contributed by atoms with E-state index < -0.39 is 21.2 Å². The van der Waals surface area contributed by atoms with E-state index in [0.717, 1.165) is 24.8 Å². The van der Waals surface area contributed by atoms with Gasteiger partial charge in [0.15, 0.2) is 5.25 Å². The molecule has 170 valence electrons. The van der Waals surface area contributed by atoms with Crippen LogP contribution in [0.2, 0.25) is 0 Å². The van der Waals surface area contributed by atoms with Crippen molar-refractivity contribution in [2.45, 2.75) is 48.2 Å². The number of fused-ring (bicyclic) bond motifs is 1. The first-order valence-electron chi connectivity index (χ1n) is 10.8. The summed E-state index contributed by atoms with van der Waals surface area (Å²) in [5.74, 6) is -0.00565. The van der Waals surface area contributed by atoms with Gasteiger partial charge in [-0.15, -0.1) is 11.8 Å². The zero-order chi connectivity index (χ0) is 22.9. The molecule has 4 rings (SSSR count). The minimum Gasteiger partial charge on any atom is -0.341 e. The summed E-state index contributed by atoms with van der Waals surface area (Å²) < 4.78 is 28.2. The second kappa shape index (κ2) is 9.15. The second-order valence-electron chi connectivity index (χ2n) is 8.31. The fraction of sp³-hybridized carbons (Fsp3) is 0.391. The number of amides is 2. The number of rotatable bonds is 5. The highest BCUT2D eigenvalue weighted by atomic mass is 32.2. The van der Waals surface area contributed by atoms with Crippen LogP contribution in [0.3, 0.4) is 0 Å². The molecular formula is C23H27N3O4S2. The molecule has 2 aliphatic rings. The average Bonchev–Trinajstić information content (AvgIpc) is 2.78. The first kappa shape index (κ1) is 22.7. The highest BCUT2D eigenvalue weighted by molar-refractivity contribution is 8.01. The molecule has 2 aromatic carbocycles. The van der Waals surface area contributed by atoms with Crippen molar-refractivity contribution >= 4 is 45.0 Å². The van der Waals surface area contributed by atoms with Gasteiger partial charge in [0, 0.05) is 23.7 Å². The molecule has 0 spiro atoms. The summed E-state index contributed by atoms with van der Waals surface area (Å²) in [5.41, 5.74) is 1.99. The molecule has 1 fully saturated rings. The lowest BCUT2D eigenvalue weighted by Crippen LogP contribution is -2.47. The number of hydrogen-bond acceptors (Lipinski definition) is 5. The molecule has 2 N–H and O–H groups in total. The third-order valence-electron chi connectivity index (χ3n) is 5.94. The summed E-state index contributed by atoms with van der Waals surface area (Å²) in [6.07, 6.45) is 2.75. The van der Waals surface area contributed by atoms with E-state index in [1.807, 2.05) is 19.1 Å². The molecule has 0 radical (unpaired) electrons. The van der Waals surface area contributed by atoms with Gasteiger partial charge in [0.25, 0.3) is 10.0 Å². The molecule has 0 saturated carbocycles. The van der Waals surface area contributed by atoms with E-state index in [1.54, 1.807) is 23.1 Å². The largest absolute Gasteiger partial charge is 0.341 e. The van der Waals surface area contributed by atoms with Gasteiger partial charge in [-0.05, 0) is 61.1 Å². The number of anilines is 2. The Morgan fingerprint density at radius 1 is 1.16 bits per heavy atom. The van der Waals surface area contributed by atoms with Crippen molar-refractivity contribution in [3.63, 3.8) is 0 Å². The lowest BCUT2D eigenvalue weighted by atomic mass is 9.99. The number of nitrogens with zero attached hydrogens (tertiary/aromatic N) is 1. The summed E-state index contributed by atoms with van der Waals surface area (Å²) in [7, 11) is -3.82. The molecule has 9 heteroatoms. The van der Waals surface area contributed by atoms with Crippen molar-refractivity contribution in [3.05, 3.63) is 48.0 Å². The monoisotopic (exact) mass is 473 g/mol. The number of nitrogens with one attached hydrogen (secondary N) is 2. The lowest BCUT2D eigenvalue weighted by molar-refractivity contribution is -0.135. The highest BCUT2D eigenvalue weighted by Crippen LogP contribution is 2.38. The van der Waals surface area contributed by atoms with E-state index >= 15 is 0 Å². The number of aryl methyl sites for hydroxylation is 1. The SMILES string of the molecule is CCc1ccc(NS(=O)(=O)c2ccc3c(c2)NC(=O)C(C(=O)N2CCC(C)CC2)S3)cc1. The van der Waals surface area contributed by atoms with Crippen molar-refractivity contribution in [2.24, 2.45) is 5.92 Å². The Bertz CT molecular complexity index is 1120. The van der Waals surface area contributed by atoms with Gasteiger partial charge in [0.1, 0.15) is 0 Å². The van der Waals surface area contributed by atoms with E-state index in [-0.39, 0.29) is 10.8 Å². The van der Waals surface area contributed by atoms with Crippen molar-refractivity contribution in [1.29, 1.82) is 0 Å². The first-order chi connectivity index (χ1) is 15.3. The fourth-order valence-corrected chi connectivity index (χ4v) is 5.97. The van der Waals surface area contributed by atoms with Crippen LogP contribution >= 0.6 is 11.8 Å². The van der Waals surface area contributed by atoms with Gasteiger partial charge in [-0.2, -0.15) is 0 Å². The molecular weight excluding hydrogens is 446 g/mol. The summed E-state index contributed by atoms with van der Waals surface area (Å²) in [4.78, 5) is 28.1. The van der Waals surface area contributed by atoms with E-state index in [4.69, 9.17) is 0 Å². The number of carbonyl (C=O) groups excluding carboxylic acids is 2. The summed E-state index contributed by atoms with van der Waals surface area (Å²) in [6, 6.07) is 11.8. The molecule has 1 unspecified atom stereocenters. The van der Waals surface area contributed by atoms with Crippen LogP contribution in [0.4, 0.5) is 11.4 Å². The number of likely N-dealkylation sites (tertiary alicyclic amines) is 1. The smallest absolute Gasteiger partial charge is 0.261 e. The van der Waals surface area contributed by atoms with E-state index in [9.17, 15) is 18.0 Å². The lowest BCUT2D eigenvalue weighted by Gasteiger charge is -2.33. The molecule has 2 heterocycles.